The third kappa shape index (κ3) is 4.28. The van der Waals surface area contributed by atoms with Gasteiger partial charge in [-0.05, 0) is 25.7 Å². The van der Waals surface area contributed by atoms with Gasteiger partial charge in [-0.1, -0.05) is 18.2 Å². The van der Waals surface area contributed by atoms with Crippen molar-refractivity contribution in [1.82, 2.24) is 4.90 Å². The van der Waals surface area contributed by atoms with Crippen molar-refractivity contribution in [3.05, 3.63) is 29.8 Å². The lowest BCUT2D eigenvalue weighted by Gasteiger charge is -2.14. The molecule has 1 aromatic rings. The molecule has 0 amide bonds. The van der Waals surface area contributed by atoms with Crippen LogP contribution >= 0.6 is 0 Å². The van der Waals surface area contributed by atoms with Crippen LogP contribution in [-0.4, -0.2) is 27.4 Å². The van der Waals surface area contributed by atoms with E-state index >= 15 is 0 Å². The number of nitrogens with zero attached hydrogens (tertiary/aromatic N) is 1. The van der Waals surface area contributed by atoms with Gasteiger partial charge in [-0.2, -0.15) is 8.42 Å². The van der Waals surface area contributed by atoms with Crippen LogP contribution in [0.15, 0.2) is 24.3 Å². The van der Waals surface area contributed by atoms with E-state index in [2.05, 4.69) is 4.72 Å². The van der Waals surface area contributed by atoms with E-state index in [1.807, 2.05) is 31.1 Å². The molecule has 5 nitrogen and oxygen atoms in total. The molecule has 0 heterocycles. The van der Waals surface area contributed by atoms with Gasteiger partial charge in [0.15, 0.2) is 0 Å². The van der Waals surface area contributed by atoms with Crippen LogP contribution in [0.1, 0.15) is 5.56 Å². The first kappa shape index (κ1) is 12.0. The molecule has 0 aromatic heterocycles. The minimum Gasteiger partial charge on any atom is -0.305 e. The Morgan fingerprint density at radius 2 is 1.93 bits per heavy atom. The third-order valence-corrected chi connectivity index (χ3v) is 2.26. The highest BCUT2D eigenvalue weighted by Gasteiger charge is 2.07. The Morgan fingerprint density at radius 3 is 2.47 bits per heavy atom. The minimum absolute atomic E-state index is 0.522. The fourth-order valence-electron chi connectivity index (χ4n) is 1.25. The first-order valence-electron chi connectivity index (χ1n) is 4.41. The topological polar surface area (TPSA) is 75.4 Å². The van der Waals surface area contributed by atoms with Crippen molar-refractivity contribution in [2.24, 2.45) is 5.14 Å². The fourth-order valence-corrected chi connectivity index (χ4v) is 1.76. The second-order valence-corrected chi connectivity index (χ2v) is 4.84. The summed E-state index contributed by atoms with van der Waals surface area (Å²) in [6.07, 6.45) is 0. The molecule has 0 saturated carbocycles. The minimum atomic E-state index is -3.70. The highest BCUT2D eigenvalue weighted by atomic mass is 32.2. The Hall–Kier alpha value is -1.11. The van der Waals surface area contributed by atoms with Crippen molar-refractivity contribution >= 4 is 15.9 Å². The number of hydrogen-bond donors (Lipinski definition) is 2. The van der Waals surface area contributed by atoms with E-state index in [4.69, 9.17) is 5.14 Å². The zero-order chi connectivity index (χ0) is 11.5. The molecule has 0 atom stereocenters. The van der Waals surface area contributed by atoms with Crippen LogP contribution in [0.4, 0.5) is 5.69 Å². The largest absolute Gasteiger partial charge is 0.305 e. The maximum atomic E-state index is 10.9. The molecule has 0 aliphatic heterocycles. The van der Waals surface area contributed by atoms with Gasteiger partial charge in [-0.3, -0.25) is 4.72 Å². The number of nitrogens with two attached hydrogens (primary N) is 1. The molecule has 0 spiro atoms. The molecule has 0 radical (unpaired) electrons. The Bertz CT molecular complexity index is 429. The van der Waals surface area contributed by atoms with Gasteiger partial charge in [0, 0.05) is 6.54 Å². The van der Waals surface area contributed by atoms with Crippen LogP contribution in [-0.2, 0) is 16.8 Å². The van der Waals surface area contributed by atoms with Crippen molar-refractivity contribution in [3.63, 3.8) is 0 Å². The van der Waals surface area contributed by atoms with Crippen molar-refractivity contribution in [2.45, 2.75) is 6.54 Å². The Labute approximate surface area is 90.1 Å². The molecule has 0 bridgehead atoms. The van der Waals surface area contributed by atoms with E-state index in [-0.39, 0.29) is 0 Å². The summed E-state index contributed by atoms with van der Waals surface area (Å²) in [5.74, 6) is 0. The van der Waals surface area contributed by atoms with E-state index in [0.29, 0.717) is 12.2 Å². The van der Waals surface area contributed by atoms with Crippen molar-refractivity contribution in [2.75, 3.05) is 18.8 Å². The fraction of sp³-hybridized carbons (Fsp3) is 0.333. The molecule has 15 heavy (non-hydrogen) atoms. The zero-order valence-corrected chi connectivity index (χ0v) is 9.58. The van der Waals surface area contributed by atoms with Crippen molar-refractivity contribution in [1.29, 1.82) is 0 Å². The molecule has 0 fully saturated rings. The quantitative estimate of drug-likeness (QED) is 0.783. The summed E-state index contributed by atoms with van der Waals surface area (Å²) in [7, 11) is 0.117. The van der Waals surface area contributed by atoms with Gasteiger partial charge in [0.05, 0.1) is 5.69 Å². The second kappa shape index (κ2) is 4.61. The highest BCUT2D eigenvalue weighted by Crippen LogP contribution is 2.16. The summed E-state index contributed by atoms with van der Waals surface area (Å²) >= 11 is 0. The summed E-state index contributed by atoms with van der Waals surface area (Å²) in [5, 5.41) is 4.91. The van der Waals surface area contributed by atoms with Gasteiger partial charge < -0.3 is 4.90 Å². The van der Waals surface area contributed by atoms with E-state index in [1.54, 1.807) is 12.1 Å². The van der Waals surface area contributed by atoms with E-state index in [0.717, 1.165) is 5.56 Å². The molecule has 6 heteroatoms. The highest BCUT2D eigenvalue weighted by molar-refractivity contribution is 7.90. The Morgan fingerprint density at radius 1 is 1.33 bits per heavy atom. The summed E-state index contributed by atoms with van der Waals surface area (Å²) in [6, 6.07) is 7.15. The zero-order valence-electron chi connectivity index (χ0n) is 8.77. The van der Waals surface area contributed by atoms with Crippen LogP contribution in [0.2, 0.25) is 0 Å². The Balaban J connectivity index is 2.96. The number of nitrogens with one attached hydrogen (secondary N) is 1. The molecule has 1 rings (SSSR count). The van der Waals surface area contributed by atoms with Crippen LogP contribution in [0, 0.1) is 0 Å². The standard InChI is InChI=1S/C9H15N3O2S/c1-12(2)7-8-5-3-4-6-9(8)11-15(10,13)14/h3-6,11H,7H2,1-2H3,(H2,10,13,14). The number of benzene rings is 1. The first-order valence-corrected chi connectivity index (χ1v) is 5.96. The molecule has 0 aliphatic carbocycles. The lowest BCUT2D eigenvalue weighted by Crippen LogP contribution is -2.23. The molecular formula is C9H15N3O2S. The monoisotopic (exact) mass is 229 g/mol. The van der Waals surface area contributed by atoms with E-state index in [9.17, 15) is 8.42 Å². The first-order chi connectivity index (χ1) is 6.88. The second-order valence-electron chi connectivity index (χ2n) is 3.54. The molecular weight excluding hydrogens is 214 g/mol. The van der Waals surface area contributed by atoms with Gasteiger partial charge in [0.25, 0.3) is 10.2 Å². The predicted molar refractivity (Wildman–Crippen MR) is 60.6 cm³/mol. The lowest BCUT2D eigenvalue weighted by atomic mass is 10.2. The summed E-state index contributed by atoms with van der Waals surface area (Å²) in [6.45, 7) is 0.651. The van der Waals surface area contributed by atoms with Crippen LogP contribution in [0.5, 0.6) is 0 Å². The number of para-hydroxylation sites is 1. The number of anilines is 1. The van der Waals surface area contributed by atoms with Crippen LogP contribution in [0.3, 0.4) is 0 Å². The summed E-state index contributed by atoms with van der Waals surface area (Å²) in [4.78, 5) is 1.95. The Kier molecular flexibility index (Phi) is 3.67. The third-order valence-electron chi connectivity index (χ3n) is 1.76. The van der Waals surface area contributed by atoms with Crippen molar-refractivity contribution in [3.8, 4) is 0 Å². The summed E-state index contributed by atoms with van der Waals surface area (Å²) < 4.78 is 24.1. The van der Waals surface area contributed by atoms with Gasteiger partial charge >= 0.3 is 0 Å². The molecule has 1 aromatic carbocycles. The van der Waals surface area contributed by atoms with Crippen molar-refractivity contribution < 1.29 is 8.42 Å². The molecule has 3 N–H and O–H groups in total. The molecule has 0 saturated heterocycles. The lowest BCUT2D eigenvalue weighted by molar-refractivity contribution is 0.403. The predicted octanol–water partition coefficient (Wildman–Crippen LogP) is 0.364. The number of rotatable bonds is 4. The van der Waals surface area contributed by atoms with E-state index < -0.39 is 10.2 Å². The average molecular weight is 229 g/mol. The average Bonchev–Trinajstić information content (AvgIpc) is 2.05. The van der Waals surface area contributed by atoms with Gasteiger partial charge in [-0.15, -0.1) is 0 Å². The SMILES string of the molecule is CN(C)Cc1ccccc1NS(N)(=O)=O. The van der Waals surface area contributed by atoms with Gasteiger partial charge in [-0.25, -0.2) is 5.14 Å². The molecule has 0 aliphatic rings. The van der Waals surface area contributed by atoms with Crippen LogP contribution in [0.25, 0.3) is 0 Å². The molecule has 0 unspecified atom stereocenters. The van der Waals surface area contributed by atoms with E-state index in [1.165, 1.54) is 0 Å². The number of hydrogen-bond acceptors (Lipinski definition) is 3. The smallest absolute Gasteiger partial charge is 0.296 e. The van der Waals surface area contributed by atoms with Gasteiger partial charge in [0.2, 0.25) is 0 Å². The van der Waals surface area contributed by atoms with Crippen LogP contribution < -0.4 is 9.86 Å². The molecule has 84 valence electrons. The van der Waals surface area contributed by atoms with Gasteiger partial charge in [0.1, 0.15) is 0 Å². The normalized spacial score (nSPS) is 11.7. The maximum Gasteiger partial charge on any atom is 0.296 e. The summed E-state index contributed by atoms with van der Waals surface area (Å²) in [5.41, 5.74) is 1.41. The maximum absolute atomic E-state index is 10.9.